The van der Waals surface area contributed by atoms with Crippen LogP contribution in [0.3, 0.4) is 0 Å². The van der Waals surface area contributed by atoms with Gasteiger partial charge in [0.15, 0.2) is 0 Å². The third-order valence-electron chi connectivity index (χ3n) is 7.83. The normalized spacial score (nSPS) is 12.6. The van der Waals surface area contributed by atoms with Crippen molar-refractivity contribution < 1.29 is 19.1 Å². The number of hydrogen-bond acceptors (Lipinski definition) is 4. The van der Waals surface area contributed by atoms with Gasteiger partial charge in [-0.25, -0.2) is 4.79 Å². The van der Waals surface area contributed by atoms with Gasteiger partial charge >= 0.3 is 6.09 Å². The summed E-state index contributed by atoms with van der Waals surface area (Å²) < 4.78 is 5.59. The van der Waals surface area contributed by atoms with Gasteiger partial charge in [-0.05, 0) is 70.7 Å². The van der Waals surface area contributed by atoms with Crippen LogP contribution in [0.4, 0.5) is 10.5 Å². The van der Waals surface area contributed by atoms with Gasteiger partial charge < -0.3 is 20.3 Å². The second-order valence-corrected chi connectivity index (χ2v) is 13.3. The minimum absolute atomic E-state index is 0.255. The number of alkyl carbamates (subject to hydrolysis) is 1. The lowest BCUT2D eigenvalue weighted by atomic mass is 9.96. The first-order valence-electron chi connectivity index (χ1n) is 16.7. The average Bonchev–Trinajstić information content (AvgIpc) is 2.98. The molecule has 3 amide bonds. The zero-order valence-corrected chi connectivity index (χ0v) is 28.8. The Morgan fingerprint density at radius 1 is 0.804 bits per heavy atom. The van der Waals surface area contributed by atoms with Crippen molar-refractivity contribution in [3.05, 3.63) is 101 Å². The quantitative estimate of drug-likeness (QED) is 0.165. The van der Waals surface area contributed by atoms with E-state index in [9.17, 15) is 14.4 Å². The Kier molecular flexibility index (Phi) is 13.9. The summed E-state index contributed by atoms with van der Waals surface area (Å²) in [6.07, 6.45) is 5.77. The molecule has 0 aliphatic heterocycles. The predicted molar refractivity (Wildman–Crippen MR) is 187 cm³/mol. The molecule has 248 valence electrons. The zero-order valence-electron chi connectivity index (χ0n) is 28.8. The number of anilines is 1. The van der Waals surface area contributed by atoms with Crippen LogP contribution in [0.1, 0.15) is 100 Å². The number of hydrogen-bond donors (Lipinski definition) is 2. The Labute approximate surface area is 276 Å². The summed E-state index contributed by atoms with van der Waals surface area (Å²) in [6, 6.07) is 21.4. The van der Waals surface area contributed by atoms with Gasteiger partial charge in [-0.15, -0.1) is 0 Å². The van der Waals surface area contributed by atoms with Crippen LogP contribution >= 0.6 is 0 Å². The summed E-state index contributed by atoms with van der Waals surface area (Å²) in [5, 5.41) is 5.98. The lowest BCUT2D eigenvalue weighted by Crippen LogP contribution is -2.53. The molecule has 0 aliphatic carbocycles. The molecule has 0 spiro atoms. The molecule has 0 aromatic heterocycles. The molecule has 0 heterocycles. The number of benzene rings is 3. The van der Waals surface area contributed by atoms with Crippen molar-refractivity contribution in [1.29, 1.82) is 0 Å². The molecule has 3 rings (SSSR count). The Morgan fingerprint density at radius 2 is 1.41 bits per heavy atom. The van der Waals surface area contributed by atoms with E-state index in [0.717, 1.165) is 59.9 Å². The molecule has 0 fully saturated rings. The molecule has 0 aliphatic rings. The SMILES string of the molecule is CCCCCCCCN(C(=O)C(Cc1ccccc1)NC(=O)OC(C)(C)C)C(C(=O)Nc1ccccc1C)c1cc(C)cc(C)c1. The van der Waals surface area contributed by atoms with Crippen LogP contribution in [0.2, 0.25) is 0 Å². The number of amides is 3. The maximum absolute atomic E-state index is 14.8. The molecule has 0 bridgehead atoms. The topological polar surface area (TPSA) is 87.7 Å². The van der Waals surface area contributed by atoms with E-state index < -0.39 is 23.8 Å². The molecule has 0 radical (unpaired) electrons. The Hall–Kier alpha value is -4.13. The number of aryl methyl sites for hydroxylation is 3. The number of nitrogens with one attached hydrogen (secondary N) is 2. The van der Waals surface area contributed by atoms with Crippen molar-refractivity contribution in [1.82, 2.24) is 10.2 Å². The lowest BCUT2D eigenvalue weighted by Gasteiger charge is -2.35. The van der Waals surface area contributed by atoms with E-state index in [2.05, 4.69) is 23.6 Å². The monoisotopic (exact) mass is 627 g/mol. The largest absolute Gasteiger partial charge is 0.444 e. The highest BCUT2D eigenvalue weighted by atomic mass is 16.6. The van der Waals surface area contributed by atoms with E-state index in [-0.39, 0.29) is 18.2 Å². The summed E-state index contributed by atoms with van der Waals surface area (Å²) in [5.41, 5.74) is 4.52. The Balaban J connectivity index is 2.08. The second-order valence-electron chi connectivity index (χ2n) is 13.3. The summed E-state index contributed by atoms with van der Waals surface area (Å²) in [5.74, 6) is -0.623. The van der Waals surface area contributed by atoms with Gasteiger partial charge in [-0.2, -0.15) is 0 Å². The van der Waals surface area contributed by atoms with Crippen LogP contribution in [0.5, 0.6) is 0 Å². The van der Waals surface area contributed by atoms with Crippen LogP contribution in [0, 0.1) is 20.8 Å². The van der Waals surface area contributed by atoms with Gasteiger partial charge in [0.2, 0.25) is 5.91 Å². The van der Waals surface area contributed by atoms with E-state index in [1.54, 1.807) is 25.7 Å². The highest BCUT2D eigenvalue weighted by molar-refractivity contribution is 5.99. The van der Waals surface area contributed by atoms with Gasteiger partial charge in [0.1, 0.15) is 17.7 Å². The summed E-state index contributed by atoms with van der Waals surface area (Å²) >= 11 is 0. The number of carbonyl (C=O) groups is 3. The van der Waals surface area contributed by atoms with Crippen molar-refractivity contribution in [3.8, 4) is 0 Å². The lowest BCUT2D eigenvalue weighted by molar-refractivity contribution is -0.140. The molecule has 3 aromatic carbocycles. The molecule has 7 heteroatoms. The summed E-state index contributed by atoms with van der Waals surface area (Å²) in [6.45, 7) is 13.9. The van der Waals surface area contributed by atoms with Crippen molar-refractivity contribution >= 4 is 23.6 Å². The van der Waals surface area contributed by atoms with Crippen molar-refractivity contribution in [3.63, 3.8) is 0 Å². The van der Waals surface area contributed by atoms with E-state index in [4.69, 9.17) is 4.74 Å². The molecule has 46 heavy (non-hydrogen) atoms. The van der Waals surface area contributed by atoms with Gasteiger partial charge in [0, 0.05) is 18.7 Å². The Morgan fingerprint density at radius 3 is 2.04 bits per heavy atom. The fraction of sp³-hybridized carbons (Fsp3) is 0.462. The first kappa shape index (κ1) is 36.3. The van der Waals surface area contributed by atoms with Crippen molar-refractivity contribution in [2.24, 2.45) is 0 Å². The smallest absolute Gasteiger partial charge is 0.408 e. The molecular formula is C39H53N3O4. The number of carbonyl (C=O) groups excluding carboxylic acids is 3. The molecule has 7 nitrogen and oxygen atoms in total. The number of ether oxygens (including phenoxy) is 1. The maximum Gasteiger partial charge on any atom is 0.408 e. The fourth-order valence-corrected chi connectivity index (χ4v) is 5.68. The van der Waals surface area contributed by atoms with Gasteiger partial charge in [0.05, 0.1) is 0 Å². The first-order valence-corrected chi connectivity index (χ1v) is 16.7. The van der Waals surface area contributed by atoms with Crippen molar-refractivity contribution in [2.75, 3.05) is 11.9 Å². The van der Waals surface area contributed by atoms with Crippen LogP contribution in [0.25, 0.3) is 0 Å². The molecule has 0 saturated carbocycles. The minimum Gasteiger partial charge on any atom is -0.444 e. The summed E-state index contributed by atoms with van der Waals surface area (Å²) in [7, 11) is 0. The van der Waals surface area contributed by atoms with E-state index in [0.29, 0.717) is 12.2 Å². The number of rotatable bonds is 15. The second kappa shape index (κ2) is 17.5. The molecular weight excluding hydrogens is 574 g/mol. The van der Waals surface area contributed by atoms with Crippen LogP contribution in [0.15, 0.2) is 72.8 Å². The average molecular weight is 628 g/mol. The van der Waals surface area contributed by atoms with Gasteiger partial charge in [-0.3, -0.25) is 9.59 Å². The summed E-state index contributed by atoms with van der Waals surface area (Å²) in [4.78, 5) is 44.0. The van der Waals surface area contributed by atoms with Crippen LogP contribution in [-0.2, 0) is 20.7 Å². The maximum atomic E-state index is 14.8. The van der Waals surface area contributed by atoms with E-state index >= 15 is 0 Å². The highest BCUT2D eigenvalue weighted by Crippen LogP contribution is 2.28. The van der Waals surface area contributed by atoms with Gasteiger partial charge in [-0.1, -0.05) is 117 Å². The standard InChI is InChI=1S/C39H53N3O4/c1-8-9-10-11-12-18-23-42(37(44)34(27-31-20-14-13-15-21-31)41-38(45)46-39(5,6)7)35(32-25-28(2)24-29(3)26-32)36(43)40-33-22-17-16-19-30(33)4/h13-17,19-22,24-26,34-35H,8-12,18,23,27H2,1-7H3,(H,40,43)(H,41,45). The number of para-hydroxylation sites is 1. The number of unbranched alkanes of at least 4 members (excludes halogenated alkanes) is 5. The molecule has 0 saturated heterocycles. The molecule has 2 atom stereocenters. The van der Waals surface area contributed by atoms with E-state index in [1.165, 1.54) is 6.42 Å². The predicted octanol–water partition coefficient (Wildman–Crippen LogP) is 8.62. The third-order valence-corrected chi connectivity index (χ3v) is 7.83. The zero-order chi connectivity index (χ0) is 33.7. The van der Waals surface area contributed by atoms with E-state index in [1.807, 2.05) is 87.5 Å². The molecule has 3 aromatic rings. The highest BCUT2D eigenvalue weighted by Gasteiger charge is 2.36. The minimum atomic E-state index is -0.947. The first-order chi connectivity index (χ1) is 21.9. The van der Waals surface area contributed by atoms with Crippen LogP contribution < -0.4 is 10.6 Å². The Bertz CT molecular complexity index is 1410. The fourth-order valence-electron chi connectivity index (χ4n) is 5.68. The number of nitrogens with zero attached hydrogens (tertiary/aromatic N) is 1. The third kappa shape index (κ3) is 11.7. The van der Waals surface area contributed by atoms with Crippen LogP contribution in [-0.4, -0.2) is 41.0 Å². The molecule has 2 unspecified atom stereocenters. The van der Waals surface area contributed by atoms with Gasteiger partial charge in [0.25, 0.3) is 5.91 Å². The van der Waals surface area contributed by atoms with Crippen molar-refractivity contribution in [2.45, 2.75) is 111 Å². The molecule has 2 N–H and O–H groups in total.